The van der Waals surface area contributed by atoms with Crippen molar-refractivity contribution in [2.45, 2.75) is 0 Å². The molecule has 72 valence electrons. The molecule has 5 heteroatoms. The van der Waals surface area contributed by atoms with Crippen molar-refractivity contribution in [3.8, 4) is 0 Å². The van der Waals surface area contributed by atoms with Crippen LogP contribution in [0.5, 0.6) is 0 Å². The molecule has 0 fully saturated rings. The number of fused-ring (bicyclic) bond motifs is 1. The number of benzene rings is 1. The molecule has 0 atom stereocenters. The quantitative estimate of drug-likeness (QED) is 0.627. The van der Waals surface area contributed by atoms with E-state index in [-0.39, 0.29) is 12.5 Å². The van der Waals surface area contributed by atoms with Crippen LogP contribution in [0.1, 0.15) is 0 Å². The lowest BCUT2D eigenvalue weighted by Crippen LogP contribution is -2.44. The Bertz CT molecular complexity index is 403. The molecule has 1 aromatic carbocycles. The molecule has 1 heterocycles. The van der Waals surface area contributed by atoms with E-state index in [0.29, 0.717) is 11.4 Å². The molecule has 2 rings (SSSR count). The lowest BCUT2D eigenvalue weighted by molar-refractivity contribution is -0.115. The van der Waals surface area contributed by atoms with Crippen molar-refractivity contribution in [3.05, 3.63) is 24.3 Å². The Kier molecular flexibility index (Phi) is 1.85. The van der Waals surface area contributed by atoms with Gasteiger partial charge < -0.3 is 11.1 Å². The molecule has 0 spiro atoms. The lowest BCUT2D eigenvalue weighted by Gasteiger charge is -2.27. The van der Waals surface area contributed by atoms with E-state index in [1.165, 1.54) is 4.90 Å². The van der Waals surface area contributed by atoms with E-state index < -0.39 is 6.03 Å². The SMILES string of the molecule is NC(=O)N1CC(=O)Nc2ccccc21. The number of para-hydroxylation sites is 2. The third kappa shape index (κ3) is 1.28. The number of rotatable bonds is 0. The second-order valence-electron chi connectivity index (χ2n) is 2.99. The monoisotopic (exact) mass is 191 g/mol. The summed E-state index contributed by atoms with van der Waals surface area (Å²) in [5.74, 6) is -0.234. The minimum atomic E-state index is -0.618. The molecule has 0 aliphatic carbocycles. The highest BCUT2D eigenvalue weighted by molar-refractivity contribution is 6.09. The molecule has 0 bridgehead atoms. The van der Waals surface area contributed by atoms with Crippen molar-refractivity contribution in [2.75, 3.05) is 16.8 Å². The summed E-state index contributed by atoms with van der Waals surface area (Å²) in [6, 6.07) is 6.41. The van der Waals surface area contributed by atoms with Crippen molar-refractivity contribution < 1.29 is 9.59 Å². The van der Waals surface area contributed by atoms with E-state index in [9.17, 15) is 9.59 Å². The number of anilines is 2. The predicted molar refractivity (Wildman–Crippen MR) is 52.0 cm³/mol. The maximum Gasteiger partial charge on any atom is 0.319 e. The average molecular weight is 191 g/mol. The number of carbonyl (C=O) groups excluding carboxylic acids is 2. The average Bonchev–Trinajstić information content (AvgIpc) is 2.16. The fourth-order valence-corrected chi connectivity index (χ4v) is 1.43. The van der Waals surface area contributed by atoms with Crippen molar-refractivity contribution in [1.82, 2.24) is 0 Å². The molecule has 3 N–H and O–H groups in total. The summed E-state index contributed by atoms with van der Waals surface area (Å²) < 4.78 is 0. The first-order valence-electron chi connectivity index (χ1n) is 4.14. The van der Waals surface area contributed by atoms with Gasteiger partial charge >= 0.3 is 6.03 Å². The number of nitrogens with two attached hydrogens (primary N) is 1. The van der Waals surface area contributed by atoms with Crippen LogP contribution in [0.15, 0.2) is 24.3 Å². The van der Waals surface area contributed by atoms with Gasteiger partial charge in [-0.25, -0.2) is 4.79 Å². The van der Waals surface area contributed by atoms with Crippen LogP contribution < -0.4 is 16.0 Å². The number of primary amides is 1. The predicted octanol–water partition coefficient (Wildman–Crippen LogP) is 0.524. The Morgan fingerprint density at radius 2 is 2.14 bits per heavy atom. The summed E-state index contributed by atoms with van der Waals surface area (Å²) in [7, 11) is 0. The molecule has 0 saturated carbocycles. The first-order chi connectivity index (χ1) is 6.68. The van der Waals surface area contributed by atoms with E-state index in [1.54, 1.807) is 24.3 Å². The van der Waals surface area contributed by atoms with Crippen molar-refractivity contribution in [1.29, 1.82) is 0 Å². The summed E-state index contributed by atoms with van der Waals surface area (Å²) in [4.78, 5) is 23.5. The Labute approximate surface area is 80.5 Å². The topological polar surface area (TPSA) is 75.4 Å². The molecule has 5 nitrogen and oxygen atoms in total. The van der Waals surface area contributed by atoms with Gasteiger partial charge in [0.1, 0.15) is 6.54 Å². The molecule has 0 saturated heterocycles. The Morgan fingerprint density at radius 3 is 2.86 bits per heavy atom. The summed E-state index contributed by atoms with van der Waals surface area (Å²) in [6.45, 7) is -0.0215. The third-order valence-corrected chi connectivity index (χ3v) is 2.04. The zero-order chi connectivity index (χ0) is 10.1. The van der Waals surface area contributed by atoms with Crippen LogP contribution in [-0.4, -0.2) is 18.5 Å². The number of hydrogen-bond donors (Lipinski definition) is 2. The fraction of sp³-hybridized carbons (Fsp3) is 0.111. The molecular weight excluding hydrogens is 182 g/mol. The van der Waals surface area contributed by atoms with Crippen LogP contribution in [0.4, 0.5) is 16.2 Å². The minimum absolute atomic E-state index is 0.0215. The number of amides is 3. The zero-order valence-electron chi connectivity index (χ0n) is 7.36. The van der Waals surface area contributed by atoms with Crippen LogP contribution in [0.3, 0.4) is 0 Å². The Morgan fingerprint density at radius 1 is 1.43 bits per heavy atom. The molecule has 0 unspecified atom stereocenters. The van der Waals surface area contributed by atoms with E-state index in [2.05, 4.69) is 5.32 Å². The van der Waals surface area contributed by atoms with Gasteiger partial charge in [-0.1, -0.05) is 12.1 Å². The Hall–Kier alpha value is -2.04. The highest BCUT2D eigenvalue weighted by atomic mass is 16.2. The van der Waals surface area contributed by atoms with Gasteiger partial charge in [0.15, 0.2) is 0 Å². The normalized spacial score (nSPS) is 14.6. The van der Waals surface area contributed by atoms with Gasteiger partial charge in [0, 0.05) is 0 Å². The summed E-state index contributed by atoms with van der Waals surface area (Å²) >= 11 is 0. The van der Waals surface area contributed by atoms with E-state index in [4.69, 9.17) is 5.73 Å². The van der Waals surface area contributed by atoms with E-state index in [0.717, 1.165) is 0 Å². The second-order valence-corrected chi connectivity index (χ2v) is 2.99. The smallest absolute Gasteiger partial charge is 0.319 e. The van der Waals surface area contributed by atoms with Crippen LogP contribution in [-0.2, 0) is 4.79 Å². The maximum absolute atomic E-state index is 11.2. The van der Waals surface area contributed by atoms with Gasteiger partial charge in [-0.3, -0.25) is 9.69 Å². The highest BCUT2D eigenvalue weighted by Crippen LogP contribution is 2.28. The first-order valence-corrected chi connectivity index (χ1v) is 4.14. The Balaban J connectivity index is 2.48. The number of hydrogen-bond acceptors (Lipinski definition) is 2. The molecule has 0 aromatic heterocycles. The van der Waals surface area contributed by atoms with E-state index in [1.807, 2.05) is 0 Å². The summed E-state index contributed by atoms with van der Waals surface area (Å²) in [6.07, 6.45) is 0. The van der Waals surface area contributed by atoms with Gasteiger partial charge in [-0.2, -0.15) is 0 Å². The summed E-state index contributed by atoms with van der Waals surface area (Å²) in [5, 5.41) is 2.66. The minimum Gasteiger partial charge on any atom is -0.351 e. The largest absolute Gasteiger partial charge is 0.351 e. The van der Waals surface area contributed by atoms with Crippen LogP contribution in [0, 0.1) is 0 Å². The lowest BCUT2D eigenvalue weighted by atomic mass is 10.2. The molecule has 14 heavy (non-hydrogen) atoms. The number of urea groups is 1. The van der Waals surface area contributed by atoms with Crippen molar-refractivity contribution in [3.63, 3.8) is 0 Å². The third-order valence-electron chi connectivity index (χ3n) is 2.04. The standard InChI is InChI=1S/C9H9N3O2/c10-9(14)12-5-8(13)11-6-3-1-2-4-7(6)12/h1-4H,5H2,(H2,10,14)(H,11,13). The number of nitrogens with zero attached hydrogens (tertiary/aromatic N) is 1. The van der Waals surface area contributed by atoms with Gasteiger partial charge in [-0.15, -0.1) is 0 Å². The maximum atomic E-state index is 11.2. The molecule has 1 aromatic rings. The van der Waals surface area contributed by atoms with Gasteiger partial charge in [0.05, 0.1) is 11.4 Å². The molecule has 1 aliphatic heterocycles. The summed E-state index contributed by atoms with van der Waals surface area (Å²) in [5.41, 5.74) is 6.40. The van der Waals surface area contributed by atoms with Gasteiger partial charge in [0.2, 0.25) is 5.91 Å². The van der Waals surface area contributed by atoms with E-state index >= 15 is 0 Å². The van der Waals surface area contributed by atoms with Crippen molar-refractivity contribution >= 4 is 23.3 Å². The first kappa shape index (κ1) is 8.55. The zero-order valence-corrected chi connectivity index (χ0v) is 7.36. The fourth-order valence-electron chi connectivity index (χ4n) is 1.43. The number of carbonyl (C=O) groups is 2. The molecular formula is C9H9N3O2. The molecule has 3 amide bonds. The van der Waals surface area contributed by atoms with Gasteiger partial charge in [0.25, 0.3) is 0 Å². The van der Waals surface area contributed by atoms with Crippen LogP contribution >= 0.6 is 0 Å². The molecule has 0 radical (unpaired) electrons. The second kappa shape index (κ2) is 3.02. The molecule has 1 aliphatic rings. The van der Waals surface area contributed by atoms with Crippen molar-refractivity contribution in [2.24, 2.45) is 5.73 Å². The highest BCUT2D eigenvalue weighted by Gasteiger charge is 2.24. The van der Waals surface area contributed by atoms with Crippen LogP contribution in [0.2, 0.25) is 0 Å². The number of nitrogens with one attached hydrogen (secondary N) is 1. The van der Waals surface area contributed by atoms with Gasteiger partial charge in [-0.05, 0) is 12.1 Å². The van der Waals surface area contributed by atoms with Crippen LogP contribution in [0.25, 0.3) is 0 Å².